The fraction of sp³-hybridized carbons (Fsp3) is 0.720. The molecule has 0 aromatic carbocycles. The predicted molar refractivity (Wildman–Crippen MR) is 126 cm³/mol. The van der Waals surface area contributed by atoms with Crippen LogP contribution in [0.5, 0.6) is 0 Å². The number of alkyl halides is 3. The summed E-state index contributed by atoms with van der Waals surface area (Å²) in [4.78, 5) is 33.2. The topological polar surface area (TPSA) is 110 Å². The van der Waals surface area contributed by atoms with Crippen molar-refractivity contribution in [3.05, 3.63) is 29.1 Å². The van der Waals surface area contributed by atoms with E-state index in [0.717, 1.165) is 31.5 Å². The average Bonchev–Trinajstić information content (AvgIpc) is 3.46. The molecule has 3 N–H and O–H groups in total. The van der Waals surface area contributed by atoms with E-state index in [0.29, 0.717) is 50.4 Å². The fourth-order valence-electron chi connectivity index (χ4n) is 6.66. The van der Waals surface area contributed by atoms with Gasteiger partial charge in [0, 0.05) is 75.7 Å². The number of halogens is 3. The number of ether oxygens (including phenoxy) is 2. The van der Waals surface area contributed by atoms with E-state index >= 15 is 0 Å². The number of pyridine rings is 1. The molecule has 3 unspecified atom stereocenters. The molecule has 1 spiro atoms. The van der Waals surface area contributed by atoms with Crippen LogP contribution in [-0.2, 0) is 33.4 Å². The molecule has 9 nitrogen and oxygen atoms in total. The van der Waals surface area contributed by atoms with Gasteiger partial charge in [-0.1, -0.05) is 0 Å². The Bertz CT molecular complexity index is 1040. The summed E-state index contributed by atoms with van der Waals surface area (Å²) in [5.74, 6) is -0.590. The largest absolute Gasteiger partial charge is 0.417 e. The van der Waals surface area contributed by atoms with Crippen molar-refractivity contribution < 1.29 is 32.2 Å². The molecule has 4 heterocycles. The Morgan fingerprint density at radius 2 is 2.11 bits per heavy atom. The number of fused-ring (bicyclic) bond motifs is 1. The Kier molecular flexibility index (Phi) is 7.10. The number of carbonyl (C=O) groups is 2. The first-order valence-corrected chi connectivity index (χ1v) is 12.8. The first-order chi connectivity index (χ1) is 17.6. The monoisotopic (exact) mass is 525 g/mol. The third-order valence-corrected chi connectivity index (χ3v) is 8.64. The molecule has 5 atom stereocenters. The Hall–Kier alpha value is -2.44. The molecule has 3 fully saturated rings. The minimum atomic E-state index is -4.50. The van der Waals surface area contributed by atoms with Gasteiger partial charge in [0.05, 0.1) is 24.2 Å². The van der Waals surface area contributed by atoms with Crippen molar-refractivity contribution in [1.29, 1.82) is 0 Å². The number of hydrogen-bond donors (Lipinski definition) is 2. The fourth-order valence-corrected chi connectivity index (χ4v) is 6.66. The van der Waals surface area contributed by atoms with Gasteiger partial charge in [-0.25, -0.2) is 4.79 Å². The molecule has 204 valence electrons. The normalized spacial score (nSPS) is 32.1. The van der Waals surface area contributed by atoms with Crippen LogP contribution in [0.1, 0.15) is 42.5 Å². The minimum absolute atomic E-state index is 0.0444. The molecule has 0 radical (unpaired) electrons. The molecule has 1 aliphatic carbocycles. The second-order valence-electron chi connectivity index (χ2n) is 10.8. The summed E-state index contributed by atoms with van der Waals surface area (Å²) in [7, 11) is 1.67. The number of primary amides is 1. The van der Waals surface area contributed by atoms with E-state index < -0.39 is 29.1 Å². The Morgan fingerprint density at radius 3 is 2.84 bits per heavy atom. The zero-order valence-electron chi connectivity index (χ0n) is 20.9. The van der Waals surface area contributed by atoms with Crippen molar-refractivity contribution >= 4 is 11.9 Å². The number of likely N-dealkylation sites (tertiary alicyclic amines) is 1. The molecular weight excluding hydrogens is 491 g/mol. The summed E-state index contributed by atoms with van der Waals surface area (Å²) in [6.07, 6.45) is -0.136. The average molecular weight is 526 g/mol. The van der Waals surface area contributed by atoms with Gasteiger partial charge in [-0.05, 0) is 37.3 Å². The Balaban J connectivity index is 1.32. The van der Waals surface area contributed by atoms with Crippen LogP contribution < -0.4 is 11.1 Å². The molecule has 4 aliphatic rings. The summed E-state index contributed by atoms with van der Waals surface area (Å²) < 4.78 is 50.8. The highest BCUT2D eigenvalue weighted by molar-refractivity contribution is 5.82. The summed E-state index contributed by atoms with van der Waals surface area (Å²) in [6, 6.07) is 0.843. The number of carbonyl (C=O) groups excluding carboxylic acids is 2. The number of nitrogens with zero attached hydrogens (tertiary/aromatic N) is 3. The number of methoxy groups -OCH3 is 1. The SMILES string of the molecule is COC1COCCC1N[C@H]1CC[C@@]2(C1)CN(C(N)=O)CC2C(=O)N1CCc2ncc(C(F)(F)F)cc2C1. The highest BCUT2D eigenvalue weighted by Gasteiger charge is 2.55. The quantitative estimate of drug-likeness (QED) is 0.622. The molecule has 3 aliphatic heterocycles. The van der Waals surface area contributed by atoms with Gasteiger partial charge in [0.1, 0.15) is 0 Å². The van der Waals surface area contributed by atoms with Crippen LogP contribution in [0.2, 0.25) is 0 Å². The molecule has 0 bridgehead atoms. The number of rotatable bonds is 4. The van der Waals surface area contributed by atoms with Crippen LogP contribution in [0, 0.1) is 11.3 Å². The van der Waals surface area contributed by atoms with E-state index in [-0.39, 0.29) is 37.2 Å². The Labute approximate surface area is 213 Å². The second-order valence-corrected chi connectivity index (χ2v) is 10.8. The Morgan fingerprint density at radius 1 is 1.30 bits per heavy atom. The third-order valence-electron chi connectivity index (χ3n) is 8.64. The minimum Gasteiger partial charge on any atom is -0.379 e. The second kappa shape index (κ2) is 10.0. The maximum atomic E-state index is 13.9. The van der Waals surface area contributed by atoms with Gasteiger partial charge >= 0.3 is 12.2 Å². The number of nitrogens with two attached hydrogens (primary N) is 1. The zero-order valence-corrected chi connectivity index (χ0v) is 20.9. The van der Waals surface area contributed by atoms with Crippen molar-refractivity contribution in [2.24, 2.45) is 17.1 Å². The van der Waals surface area contributed by atoms with Crippen molar-refractivity contribution in [3.8, 4) is 0 Å². The highest BCUT2D eigenvalue weighted by Crippen LogP contribution is 2.50. The smallest absolute Gasteiger partial charge is 0.379 e. The molecular formula is C25H34F3N5O4. The van der Waals surface area contributed by atoms with Crippen LogP contribution in [0.4, 0.5) is 18.0 Å². The molecule has 5 rings (SSSR count). The van der Waals surface area contributed by atoms with Gasteiger partial charge < -0.3 is 30.3 Å². The van der Waals surface area contributed by atoms with Crippen molar-refractivity contribution in [2.75, 3.05) is 40.0 Å². The first kappa shape index (κ1) is 26.2. The van der Waals surface area contributed by atoms with Gasteiger partial charge in [0.2, 0.25) is 5.91 Å². The van der Waals surface area contributed by atoms with Crippen LogP contribution in [0.25, 0.3) is 0 Å². The first-order valence-electron chi connectivity index (χ1n) is 12.8. The maximum absolute atomic E-state index is 13.9. The predicted octanol–water partition coefficient (Wildman–Crippen LogP) is 1.93. The molecule has 37 heavy (non-hydrogen) atoms. The number of amides is 3. The summed E-state index contributed by atoms with van der Waals surface area (Å²) in [5.41, 5.74) is 5.40. The number of nitrogens with one attached hydrogen (secondary N) is 1. The van der Waals surface area contributed by atoms with E-state index in [1.807, 2.05) is 0 Å². The molecule has 12 heteroatoms. The van der Waals surface area contributed by atoms with Crippen molar-refractivity contribution in [2.45, 2.75) is 63.0 Å². The van der Waals surface area contributed by atoms with Crippen LogP contribution in [0.3, 0.4) is 0 Å². The molecule has 3 amide bonds. The van der Waals surface area contributed by atoms with Gasteiger partial charge in [0.15, 0.2) is 0 Å². The van der Waals surface area contributed by atoms with E-state index in [4.69, 9.17) is 15.2 Å². The number of urea groups is 1. The maximum Gasteiger partial charge on any atom is 0.417 e. The lowest BCUT2D eigenvalue weighted by Gasteiger charge is -2.36. The van der Waals surface area contributed by atoms with Gasteiger partial charge in [0.25, 0.3) is 0 Å². The summed E-state index contributed by atoms with van der Waals surface area (Å²) in [6.45, 7) is 2.28. The van der Waals surface area contributed by atoms with Gasteiger partial charge in [-0.15, -0.1) is 0 Å². The van der Waals surface area contributed by atoms with E-state index in [9.17, 15) is 22.8 Å². The van der Waals surface area contributed by atoms with Crippen molar-refractivity contribution in [3.63, 3.8) is 0 Å². The lowest BCUT2D eigenvalue weighted by atomic mass is 9.75. The lowest BCUT2D eigenvalue weighted by Crippen LogP contribution is -2.51. The van der Waals surface area contributed by atoms with Crippen molar-refractivity contribution in [1.82, 2.24) is 20.1 Å². The summed E-state index contributed by atoms with van der Waals surface area (Å²) in [5, 5.41) is 3.71. The van der Waals surface area contributed by atoms with E-state index in [1.54, 1.807) is 16.9 Å². The highest BCUT2D eigenvalue weighted by atomic mass is 19.4. The van der Waals surface area contributed by atoms with Gasteiger partial charge in [-0.3, -0.25) is 9.78 Å². The molecule has 2 saturated heterocycles. The number of hydrogen-bond acceptors (Lipinski definition) is 6. The molecule has 1 aromatic rings. The lowest BCUT2D eigenvalue weighted by molar-refractivity contribution is -0.139. The third kappa shape index (κ3) is 5.15. The van der Waals surface area contributed by atoms with Crippen LogP contribution >= 0.6 is 0 Å². The summed E-state index contributed by atoms with van der Waals surface area (Å²) >= 11 is 0. The standard InChI is InChI=1S/C25H34F3N5O4/c1-36-21-13-37-7-4-20(21)31-17-2-5-24(9-17)14-33(23(29)35)12-18(24)22(34)32-6-3-19-15(11-32)8-16(10-30-19)25(26,27)28/h8,10,17-18,20-21,31H,2-7,9,11-14H2,1H3,(H2,29,35)/t17-,18?,20?,21?,24+/m0/s1. The van der Waals surface area contributed by atoms with E-state index in [2.05, 4.69) is 10.3 Å². The molecule has 1 saturated carbocycles. The van der Waals surface area contributed by atoms with Crippen LogP contribution in [-0.4, -0.2) is 84.9 Å². The van der Waals surface area contributed by atoms with Gasteiger partial charge in [-0.2, -0.15) is 13.2 Å². The zero-order chi connectivity index (χ0) is 26.4. The number of aromatic nitrogens is 1. The van der Waals surface area contributed by atoms with Crippen LogP contribution in [0.15, 0.2) is 12.3 Å². The van der Waals surface area contributed by atoms with E-state index in [1.165, 1.54) is 0 Å². The molecule has 1 aromatic heterocycles.